The van der Waals surface area contributed by atoms with Gasteiger partial charge in [0.15, 0.2) is 0 Å². The lowest BCUT2D eigenvalue weighted by Crippen LogP contribution is -2.27. The molecule has 126 valence electrons. The Hall–Kier alpha value is -3.79. The number of nitro groups is 1. The molecule has 0 spiro atoms. The molecule has 1 N–H and O–H groups in total. The normalized spacial score (nSPS) is 9.68. The van der Waals surface area contributed by atoms with Gasteiger partial charge in [-0.05, 0) is 12.1 Å². The van der Waals surface area contributed by atoms with Crippen molar-refractivity contribution in [3.05, 3.63) is 41.0 Å². The minimum atomic E-state index is -0.579. The molecule has 25 heavy (non-hydrogen) atoms. The quantitative estimate of drug-likeness (QED) is 0.565. The first-order chi connectivity index (χ1) is 12.2. The smallest absolute Gasteiger partial charge is 0.349 e. The number of nitriles is 2. The largest absolute Gasteiger partial charge is 0.353 e. The number of rotatable bonds is 8. The van der Waals surface area contributed by atoms with Gasteiger partial charge in [0.1, 0.15) is 6.33 Å². The van der Waals surface area contributed by atoms with Crippen molar-refractivity contribution in [3.8, 4) is 12.1 Å². The van der Waals surface area contributed by atoms with Crippen LogP contribution in [0.15, 0.2) is 30.9 Å². The van der Waals surface area contributed by atoms with Crippen LogP contribution in [-0.4, -0.2) is 33.0 Å². The Kier molecular flexibility index (Phi) is 6.14. The minimum Gasteiger partial charge on any atom is -0.349 e. The third-order valence-electron chi connectivity index (χ3n) is 3.22. The second kappa shape index (κ2) is 8.74. The number of anilines is 3. The van der Waals surface area contributed by atoms with Gasteiger partial charge in [-0.1, -0.05) is 0 Å². The number of nitrogens with zero attached hydrogens (tertiary/aromatic N) is 7. The van der Waals surface area contributed by atoms with E-state index in [-0.39, 0.29) is 43.3 Å². The van der Waals surface area contributed by atoms with Crippen molar-refractivity contribution in [2.24, 2.45) is 0 Å². The number of nitrogens with one attached hydrogen (secondary N) is 1. The molecule has 0 saturated carbocycles. The van der Waals surface area contributed by atoms with Gasteiger partial charge in [0, 0.05) is 31.2 Å². The van der Waals surface area contributed by atoms with E-state index in [1.54, 1.807) is 29.4 Å². The Morgan fingerprint density at radius 3 is 2.36 bits per heavy atom. The first-order valence-corrected chi connectivity index (χ1v) is 7.32. The van der Waals surface area contributed by atoms with Gasteiger partial charge in [0.25, 0.3) is 0 Å². The summed E-state index contributed by atoms with van der Waals surface area (Å²) in [5, 5.41) is 32.1. The summed E-state index contributed by atoms with van der Waals surface area (Å²) in [4.78, 5) is 24.4. The molecule has 10 heteroatoms. The molecule has 0 amide bonds. The second-order valence-electron chi connectivity index (χ2n) is 4.82. The average molecular weight is 338 g/mol. The zero-order chi connectivity index (χ0) is 18.1. The van der Waals surface area contributed by atoms with Crippen LogP contribution in [0.25, 0.3) is 0 Å². The second-order valence-corrected chi connectivity index (χ2v) is 4.82. The molecule has 10 nitrogen and oxygen atoms in total. The van der Waals surface area contributed by atoms with Crippen molar-refractivity contribution in [2.75, 3.05) is 23.3 Å². The van der Waals surface area contributed by atoms with Gasteiger partial charge in [-0.3, -0.25) is 15.1 Å². The molecule has 2 rings (SSSR count). The van der Waals surface area contributed by atoms with E-state index in [4.69, 9.17) is 10.5 Å². The maximum Gasteiger partial charge on any atom is 0.353 e. The highest BCUT2D eigenvalue weighted by molar-refractivity contribution is 5.74. The molecule has 0 saturated heterocycles. The number of hydrogen-bond donors (Lipinski definition) is 1. The van der Waals surface area contributed by atoms with E-state index < -0.39 is 4.92 Å². The van der Waals surface area contributed by atoms with E-state index in [9.17, 15) is 10.1 Å². The summed E-state index contributed by atoms with van der Waals surface area (Å²) in [6.45, 7) is 0.454. The van der Waals surface area contributed by atoms with Crippen LogP contribution >= 0.6 is 0 Å². The molecule has 2 aromatic rings. The lowest BCUT2D eigenvalue weighted by molar-refractivity contribution is -0.383. The van der Waals surface area contributed by atoms with Gasteiger partial charge in [-0.15, -0.1) is 0 Å². The van der Waals surface area contributed by atoms with Crippen LogP contribution in [-0.2, 0) is 0 Å². The van der Waals surface area contributed by atoms with E-state index in [2.05, 4.69) is 20.3 Å². The molecular formula is C15H14N8O2. The molecule has 0 unspecified atom stereocenters. The molecule has 0 fully saturated rings. The first-order valence-electron chi connectivity index (χ1n) is 7.32. The van der Waals surface area contributed by atoms with E-state index in [0.717, 1.165) is 0 Å². The van der Waals surface area contributed by atoms with Crippen LogP contribution in [0.4, 0.5) is 23.0 Å². The lowest BCUT2D eigenvalue weighted by Gasteiger charge is -2.21. The number of aromatic nitrogens is 3. The molecule has 0 aliphatic rings. The predicted octanol–water partition coefficient (Wildman–Crippen LogP) is 2.16. The van der Waals surface area contributed by atoms with Crippen molar-refractivity contribution in [1.82, 2.24) is 15.0 Å². The Balaban J connectivity index is 2.42. The van der Waals surface area contributed by atoms with Crippen LogP contribution in [0.5, 0.6) is 0 Å². The highest BCUT2D eigenvalue weighted by Crippen LogP contribution is 2.33. The predicted molar refractivity (Wildman–Crippen MR) is 88.9 cm³/mol. The minimum absolute atomic E-state index is 0.0279. The van der Waals surface area contributed by atoms with E-state index >= 15 is 0 Å². The molecule has 0 aromatic carbocycles. The van der Waals surface area contributed by atoms with E-state index in [1.807, 2.05) is 12.1 Å². The van der Waals surface area contributed by atoms with E-state index in [1.165, 1.54) is 6.33 Å². The Bertz CT molecular complexity index is 795. The van der Waals surface area contributed by atoms with Crippen molar-refractivity contribution >= 4 is 23.0 Å². The van der Waals surface area contributed by atoms with Crippen LogP contribution in [0.3, 0.4) is 0 Å². The molecule has 2 aromatic heterocycles. The maximum absolute atomic E-state index is 11.6. The topological polar surface area (TPSA) is 145 Å². The molecule has 2 heterocycles. The van der Waals surface area contributed by atoms with Crippen LogP contribution in [0, 0.1) is 32.8 Å². The number of hydrogen-bond acceptors (Lipinski definition) is 9. The molecule has 0 bridgehead atoms. The average Bonchev–Trinajstić information content (AvgIpc) is 2.62. The first kappa shape index (κ1) is 17.6. The summed E-state index contributed by atoms with van der Waals surface area (Å²) in [5.74, 6) is 0.0992. The number of pyridine rings is 1. The van der Waals surface area contributed by atoms with Gasteiger partial charge in [0.2, 0.25) is 11.6 Å². The van der Waals surface area contributed by atoms with Gasteiger partial charge in [-0.2, -0.15) is 10.5 Å². The Morgan fingerprint density at radius 2 is 1.80 bits per heavy atom. The van der Waals surface area contributed by atoms with Crippen molar-refractivity contribution < 1.29 is 4.92 Å². The standard InChI is InChI=1S/C15H14N8O2/c16-5-1-9-22(10-2-6-17)15-13(23(24)25)14(19-11-20-15)21-12-3-7-18-8-4-12/h3-4,7-8,11H,1-2,9-10H2,(H,18,19,20,21). The third kappa shape index (κ3) is 4.59. The van der Waals surface area contributed by atoms with Crippen LogP contribution in [0.2, 0.25) is 0 Å². The summed E-state index contributed by atoms with van der Waals surface area (Å²) < 4.78 is 0. The fourth-order valence-electron chi connectivity index (χ4n) is 2.13. The summed E-state index contributed by atoms with van der Waals surface area (Å²) >= 11 is 0. The fourth-order valence-corrected chi connectivity index (χ4v) is 2.13. The zero-order valence-electron chi connectivity index (χ0n) is 13.2. The van der Waals surface area contributed by atoms with Gasteiger partial charge >= 0.3 is 5.69 Å². The highest BCUT2D eigenvalue weighted by atomic mass is 16.6. The van der Waals surface area contributed by atoms with Crippen molar-refractivity contribution in [2.45, 2.75) is 12.8 Å². The Labute approximate surface area is 143 Å². The van der Waals surface area contributed by atoms with Crippen LogP contribution in [0.1, 0.15) is 12.8 Å². The molecule has 0 radical (unpaired) electrons. The SMILES string of the molecule is N#CCCN(CCC#N)c1ncnc(Nc2ccncc2)c1[N+](=O)[O-]. The van der Waals surface area contributed by atoms with E-state index in [0.29, 0.717) is 5.69 Å². The summed E-state index contributed by atoms with van der Waals surface area (Å²) in [6, 6.07) is 7.27. The molecule has 0 atom stereocenters. The summed E-state index contributed by atoms with van der Waals surface area (Å²) in [5.41, 5.74) is 0.276. The molecular weight excluding hydrogens is 324 g/mol. The monoisotopic (exact) mass is 338 g/mol. The third-order valence-corrected chi connectivity index (χ3v) is 3.22. The zero-order valence-corrected chi connectivity index (χ0v) is 13.2. The van der Waals surface area contributed by atoms with Gasteiger partial charge in [-0.25, -0.2) is 9.97 Å². The molecule has 0 aliphatic carbocycles. The Morgan fingerprint density at radius 1 is 1.16 bits per heavy atom. The lowest BCUT2D eigenvalue weighted by atomic mass is 10.3. The summed E-state index contributed by atoms with van der Waals surface area (Å²) in [7, 11) is 0. The van der Waals surface area contributed by atoms with Crippen molar-refractivity contribution in [1.29, 1.82) is 10.5 Å². The maximum atomic E-state index is 11.6. The summed E-state index contributed by atoms with van der Waals surface area (Å²) in [6.07, 6.45) is 4.60. The molecule has 0 aliphatic heterocycles. The fraction of sp³-hybridized carbons (Fsp3) is 0.267. The van der Waals surface area contributed by atoms with Crippen molar-refractivity contribution in [3.63, 3.8) is 0 Å². The van der Waals surface area contributed by atoms with Crippen LogP contribution < -0.4 is 10.2 Å². The van der Waals surface area contributed by atoms with Gasteiger partial charge < -0.3 is 10.2 Å². The highest BCUT2D eigenvalue weighted by Gasteiger charge is 2.27. The van der Waals surface area contributed by atoms with Gasteiger partial charge in [0.05, 0.1) is 29.9 Å².